The van der Waals surface area contributed by atoms with Gasteiger partial charge >= 0.3 is 0 Å². The third-order valence-corrected chi connectivity index (χ3v) is 5.80. The fourth-order valence-corrected chi connectivity index (χ4v) is 4.10. The molecule has 1 heterocycles. The summed E-state index contributed by atoms with van der Waals surface area (Å²) in [4.78, 5) is 24.6. The molecule has 2 aliphatic rings. The number of benzene rings is 1. The number of carbonyl (C=O) groups is 2. The lowest BCUT2D eigenvalue weighted by Crippen LogP contribution is -2.52. The number of hydrogen-bond donors (Lipinski definition) is 4. The zero-order valence-corrected chi connectivity index (χ0v) is 17.2. The second kappa shape index (κ2) is 10.8. The Morgan fingerprint density at radius 1 is 1.19 bits per heavy atom. The number of rotatable bonds is 3. The smallest absolute Gasteiger partial charge is 0.233 e. The molecule has 7 nitrogen and oxygen atoms in total. The number of amides is 2. The van der Waals surface area contributed by atoms with E-state index in [9.17, 15) is 23.5 Å². The summed E-state index contributed by atoms with van der Waals surface area (Å²) in [6.45, 7) is 0.542. The molecule has 1 saturated carbocycles. The number of allylic oxidation sites excluding steroid dienone is 1. The van der Waals surface area contributed by atoms with Crippen LogP contribution in [0.4, 0.5) is 8.78 Å². The Labute approximate surface area is 180 Å². The molecule has 170 valence electrons. The molecule has 9 heteroatoms. The fraction of sp³-hybridized carbons (Fsp3) is 0.545. The van der Waals surface area contributed by atoms with Gasteiger partial charge in [-0.15, -0.1) is 0 Å². The van der Waals surface area contributed by atoms with Crippen molar-refractivity contribution < 1.29 is 28.2 Å². The minimum Gasteiger partial charge on any atom is -0.390 e. The van der Waals surface area contributed by atoms with E-state index in [0.717, 1.165) is 37.5 Å². The number of nitrogens with two attached hydrogens (primary N) is 1. The zero-order chi connectivity index (χ0) is 22.4. The van der Waals surface area contributed by atoms with Crippen LogP contribution in [0.2, 0.25) is 0 Å². The molecular weight excluding hydrogens is 408 g/mol. The van der Waals surface area contributed by atoms with Gasteiger partial charge in [-0.3, -0.25) is 9.59 Å². The van der Waals surface area contributed by atoms with Gasteiger partial charge in [0.2, 0.25) is 11.8 Å². The highest BCUT2D eigenvalue weighted by atomic mass is 19.1. The monoisotopic (exact) mass is 437 g/mol. The molecule has 1 aliphatic carbocycles. The zero-order valence-electron chi connectivity index (χ0n) is 17.2. The molecule has 2 amide bonds. The number of hydrogen-bond acceptors (Lipinski definition) is 5. The summed E-state index contributed by atoms with van der Waals surface area (Å²) in [5.74, 6) is -4.07. The summed E-state index contributed by atoms with van der Waals surface area (Å²) < 4.78 is 33.1. The van der Waals surface area contributed by atoms with Gasteiger partial charge in [0.25, 0.3) is 0 Å². The van der Waals surface area contributed by atoms with Crippen molar-refractivity contribution in [2.24, 2.45) is 11.7 Å². The summed E-state index contributed by atoms with van der Waals surface area (Å²) in [6, 6.07) is 2.35. The maximum atomic E-state index is 13.6. The molecule has 0 radical (unpaired) electrons. The quantitative estimate of drug-likeness (QED) is 0.415. The van der Waals surface area contributed by atoms with Crippen LogP contribution in [0.1, 0.15) is 31.2 Å². The van der Waals surface area contributed by atoms with E-state index in [4.69, 9.17) is 10.5 Å². The highest BCUT2D eigenvalue weighted by molar-refractivity contribution is 5.99. The number of aliphatic hydroxyl groups is 1. The summed E-state index contributed by atoms with van der Waals surface area (Å²) in [7, 11) is 0. The van der Waals surface area contributed by atoms with E-state index >= 15 is 0 Å². The Morgan fingerprint density at radius 3 is 2.65 bits per heavy atom. The molecule has 0 aromatic heterocycles. The molecule has 1 aromatic rings. The highest BCUT2D eigenvalue weighted by Gasteiger charge is 2.31. The Morgan fingerprint density at radius 2 is 1.94 bits per heavy atom. The number of carbonyl (C=O) groups excluding carboxylic acids is 2. The molecular formula is C22H29F2N3O4. The molecule has 1 fully saturated rings. The van der Waals surface area contributed by atoms with Gasteiger partial charge in [-0.05, 0) is 49.8 Å². The number of halogens is 2. The number of nitrogens with one attached hydrogen (secondary N) is 2. The number of fused-ring (bicyclic) bond motifs is 2. The molecule has 2 bridgehead atoms. The highest BCUT2D eigenvalue weighted by Crippen LogP contribution is 2.22. The Kier molecular flexibility index (Phi) is 8.11. The van der Waals surface area contributed by atoms with Crippen LogP contribution in [0, 0.1) is 17.6 Å². The van der Waals surface area contributed by atoms with Crippen LogP contribution in [0.25, 0.3) is 0 Å². The first-order chi connectivity index (χ1) is 14.8. The molecule has 1 aromatic carbocycles. The van der Waals surface area contributed by atoms with Crippen molar-refractivity contribution in [3.8, 4) is 0 Å². The van der Waals surface area contributed by atoms with Crippen molar-refractivity contribution in [1.82, 2.24) is 10.6 Å². The van der Waals surface area contributed by atoms with Crippen LogP contribution >= 0.6 is 0 Å². The number of aliphatic hydroxyl groups excluding tert-OH is 1. The summed E-state index contributed by atoms with van der Waals surface area (Å²) in [5, 5.41) is 16.7. The second-order valence-corrected chi connectivity index (χ2v) is 8.20. The van der Waals surface area contributed by atoms with Crippen LogP contribution in [-0.4, -0.2) is 54.4 Å². The largest absolute Gasteiger partial charge is 0.390 e. The molecule has 5 atom stereocenters. The summed E-state index contributed by atoms with van der Waals surface area (Å²) >= 11 is 0. The van der Waals surface area contributed by atoms with Gasteiger partial charge in [-0.1, -0.05) is 12.2 Å². The normalized spacial score (nSPS) is 31.3. The lowest BCUT2D eigenvalue weighted by Gasteiger charge is -2.27. The number of β-amino-alcohol motifs (C(OH)–C–C–N with tert-alkyl or cyclic N) is 1. The van der Waals surface area contributed by atoms with Gasteiger partial charge < -0.3 is 26.2 Å². The second-order valence-electron chi connectivity index (χ2n) is 8.20. The molecule has 5 N–H and O–H groups in total. The van der Waals surface area contributed by atoms with Gasteiger partial charge in [-0.2, -0.15) is 0 Å². The minimum absolute atomic E-state index is 0.0129. The van der Waals surface area contributed by atoms with Crippen LogP contribution in [0.3, 0.4) is 0 Å². The van der Waals surface area contributed by atoms with Crippen molar-refractivity contribution >= 4 is 11.8 Å². The maximum absolute atomic E-state index is 13.6. The standard InChI is InChI=1S/C22H29F2N3O4/c23-14-7-13(8-15(24)10-14)9-19-20(28)12-26-16-4-5-17(11-16)31-6-2-1-3-18(21(25)29)22(30)27-19/h1-2,7-8,10,16-20,26,28H,3-6,9,11-12H2,(H2,25,29)(H,27,30)/b2-1-/t16-,17+,18-,19-,20+/m0/s1. The fourth-order valence-electron chi connectivity index (χ4n) is 4.10. The predicted octanol–water partition coefficient (Wildman–Crippen LogP) is 0.942. The molecule has 3 rings (SSSR count). The van der Waals surface area contributed by atoms with E-state index in [1.54, 1.807) is 12.2 Å². The maximum Gasteiger partial charge on any atom is 0.233 e. The van der Waals surface area contributed by atoms with Crippen molar-refractivity contribution in [2.45, 2.75) is 56.4 Å². The van der Waals surface area contributed by atoms with Crippen LogP contribution < -0.4 is 16.4 Å². The SMILES string of the molecule is NC(=O)[C@@H]1C/C=C\CO[C@@H]2CC[C@@H](C2)NC[C@@H](O)[C@H](Cc2cc(F)cc(F)c2)NC1=O. The van der Waals surface area contributed by atoms with E-state index in [1.807, 2.05) is 0 Å². The molecule has 0 saturated heterocycles. The van der Waals surface area contributed by atoms with E-state index in [0.29, 0.717) is 6.61 Å². The summed E-state index contributed by atoms with van der Waals surface area (Å²) in [5.41, 5.74) is 5.68. The van der Waals surface area contributed by atoms with Crippen molar-refractivity contribution in [1.29, 1.82) is 0 Å². The summed E-state index contributed by atoms with van der Waals surface area (Å²) in [6.07, 6.45) is 5.15. The molecule has 0 unspecified atom stereocenters. The van der Waals surface area contributed by atoms with Crippen LogP contribution in [0.15, 0.2) is 30.4 Å². The van der Waals surface area contributed by atoms with Gasteiger partial charge in [0, 0.05) is 18.7 Å². The predicted molar refractivity (Wildman–Crippen MR) is 110 cm³/mol. The molecule has 31 heavy (non-hydrogen) atoms. The topological polar surface area (TPSA) is 114 Å². The van der Waals surface area contributed by atoms with E-state index in [2.05, 4.69) is 10.6 Å². The lowest BCUT2D eigenvalue weighted by atomic mass is 9.97. The average Bonchev–Trinajstić information content (AvgIpc) is 3.14. The molecule has 0 spiro atoms. The van der Waals surface area contributed by atoms with Crippen molar-refractivity contribution in [2.75, 3.05) is 13.2 Å². The Hall–Kier alpha value is -2.36. The minimum atomic E-state index is -1.13. The first-order valence-corrected chi connectivity index (χ1v) is 10.5. The first kappa shape index (κ1) is 23.3. The van der Waals surface area contributed by atoms with Gasteiger partial charge in [-0.25, -0.2) is 8.78 Å². The Balaban J connectivity index is 1.81. The van der Waals surface area contributed by atoms with E-state index in [-0.39, 0.29) is 37.1 Å². The first-order valence-electron chi connectivity index (χ1n) is 10.5. The Bertz CT molecular complexity index is 800. The third kappa shape index (κ3) is 6.81. The van der Waals surface area contributed by atoms with Gasteiger partial charge in [0.1, 0.15) is 17.6 Å². The van der Waals surface area contributed by atoms with E-state index in [1.165, 1.54) is 0 Å². The number of primary amides is 1. The lowest BCUT2D eigenvalue weighted by molar-refractivity contribution is -0.134. The van der Waals surface area contributed by atoms with Gasteiger partial charge in [0.15, 0.2) is 0 Å². The van der Waals surface area contributed by atoms with E-state index < -0.39 is 41.5 Å². The van der Waals surface area contributed by atoms with Crippen LogP contribution in [0.5, 0.6) is 0 Å². The average molecular weight is 437 g/mol. The van der Waals surface area contributed by atoms with Gasteiger partial charge in [0.05, 0.1) is 24.9 Å². The van der Waals surface area contributed by atoms with Crippen LogP contribution in [-0.2, 0) is 20.7 Å². The third-order valence-electron chi connectivity index (χ3n) is 5.80. The van der Waals surface area contributed by atoms with Crippen molar-refractivity contribution in [3.63, 3.8) is 0 Å². The number of ether oxygens (including phenoxy) is 1. The molecule has 1 aliphatic heterocycles. The van der Waals surface area contributed by atoms with Crippen molar-refractivity contribution in [3.05, 3.63) is 47.5 Å².